The normalized spacial score (nSPS) is 20.8. The van der Waals surface area contributed by atoms with Gasteiger partial charge in [0.1, 0.15) is 24.0 Å². The van der Waals surface area contributed by atoms with Crippen LogP contribution in [0.4, 0.5) is 14.9 Å². The molecule has 268 valence electrons. The number of nitrogens with zero attached hydrogens (tertiary/aromatic N) is 3. The molecule has 51 heavy (non-hydrogen) atoms. The summed E-state index contributed by atoms with van der Waals surface area (Å²) in [7, 11) is 0. The molecule has 0 aromatic heterocycles. The van der Waals surface area contributed by atoms with E-state index < -0.39 is 41.5 Å². The highest BCUT2D eigenvalue weighted by Crippen LogP contribution is 2.35. The number of para-hydroxylation sites is 1. The Morgan fingerprint density at radius 1 is 0.902 bits per heavy atom. The van der Waals surface area contributed by atoms with Crippen LogP contribution >= 0.6 is 0 Å². The maximum atomic E-state index is 15.5. The summed E-state index contributed by atoms with van der Waals surface area (Å²) in [6.45, 7) is 8.00. The molecule has 3 fully saturated rings. The van der Waals surface area contributed by atoms with Crippen LogP contribution < -0.4 is 15.5 Å². The number of hydrogen-bond acceptors (Lipinski definition) is 6. The van der Waals surface area contributed by atoms with E-state index in [1.54, 1.807) is 51.1 Å². The zero-order chi connectivity index (χ0) is 36.3. The number of aryl methyl sites for hydroxylation is 1. The van der Waals surface area contributed by atoms with Crippen LogP contribution in [-0.2, 0) is 25.5 Å². The monoisotopic (exact) mass is 695 g/mol. The number of rotatable bonds is 8. The van der Waals surface area contributed by atoms with Crippen LogP contribution in [0, 0.1) is 24.6 Å². The third kappa shape index (κ3) is 8.46. The van der Waals surface area contributed by atoms with Crippen molar-refractivity contribution in [3.05, 3.63) is 101 Å². The SMILES string of the molecule is Cc1cccc2c1N(CC(=O)N1CC3CCC(CC3)C1)C(=O)[C@@H](NC(=O)[C@H](Cc1ccccc1)NC(=O)OC(C)(C)C)N=C2c1ccccc1F. The number of aliphatic imine (C=N–C) groups is 1. The Hall–Kier alpha value is -5.06. The first-order chi connectivity index (χ1) is 24.4. The molecule has 11 heteroatoms. The molecule has 3 heterocycles. The second-order valence-corrected chi connectivity index (χ2v) is 14.8. The van der Waals surface area contributed by atoms with E-state index in [9.17, 15) is 19.2 Å². The summed E-state index contributed by atoms with van der Waals surface area (Å²) >= 11 is 0. The Bertz CT molecular complexity index is 1800. The van der Waals surface area contributed by atoms with Gasteiger partial charge in [-0.05, 0) is 88.5 Å². The number of ether oxygens (including phenoxy) is 1. The predicted octanol–water partition coefficient (Wildman–Crippen LogP) is 5.55. The third-order valence-corrected chi connectivity index (χ3v) is 9.79. The largest absolute Gasteiger partial charge is 0.444 e. The maximum Gasteiger partial charge on any atom is 0.408 e. The van der Waals surface area contributed by atoms with Crippen molar-refractivity contribution in [3.63, 3.8) is 0 Å². The summed E-state index contributed by atoms with van der Waals surface area (Å²) in [5.74, 6) is -1.22. The van der Waals surface area contributed by atoms with Crippen LogP contribution in [0.1, 0.15) is 68.7 Å². The van der Waals surface area contributed by atoms with E-state index in [1.807, 2.05) is 48.2 Å². The number of benzene rings is 3. The molecule has 3 aromatic rings. The molecule has 0 radical (unpaired) electrons. The molecule has 4 aliphatic rings. The van der Waals surface area contributed by atoms with Gasteiger partial charge in [-0.1, -0.05) is 60.7 Å². The fourth-order valence-electron chi connectivity index (χ4n) is 7.32. The van der Waals surface area contributed by atoms with Gasteiger partial charge in [0.2, 0.25) is 18.0 Å². The molecule has 2 atom stereocenters. The second-order valence-electron chi connectivity index (χ2n) is 14.8. The van der Waals surface area contributed by atoms with Crippen molar-refractivity contribution in [1.29, 1.82) is 0 Å². The van der Waals surface area contributed by atoms with E-state index >= 15 is 4.39 Å². The van der Waals surface area contributed by atoms with Gasteiger partial charge >= 0.3 is 6.09 Å². The van der Waals surface area contributed by atoms with Crippen LogP contribution in [0.15, 0.2) is 77.8 Å². The highest BCUT2D eigenvalue weighted by molar-refractivity contribution is 6.21. The van der Waals surface area contributed by atoms with Crippen LogP contribution in [0.2, 0.25) is 0 Å². The van der Waals surface area contributed by atoms with Crippen molar-refractivity contribution in [2.75, 3.05) is 24.5 Å². The predicted molar refractivity (Wildman–Crippen MR) is 193 cm³/mol. The summed E-state index contributed by atoms with van der Waals surface area (Å²) in [6, 6.07) is 19.5. The lowest BCUT2D eigenvalue weighted by Crippen LogP contribution is -2.56. The lowest BCUT2D eigenvalue weighted by Gasteiger charge is -2.30. The molecule has 2 bridgehead atoms. The molecule has 1 saturated carbocycles. The lowest BCUT2D eigenvalue weighted by molar-refractivity contribution is -0.132. The number of carbonyl (C=O) groups is 4. The number of amides is 4. The molecule has 0 spiro atoms. The number of halogens is 1. The number of nitrogens with one attached hydrogen (secondary N) is 2. The van der Waals surface area contributed by atoms with Crippen molar-refractivity contribution < 1.29 is 28.3 Å². The Labute approximate surface area is 298 Å². The van der Waals surface area contributed by atoms with Gasteiger partial charge in [0, 0.05) is 30.6 Å². The number of benzodiazepines with no additional fused rings is 1. The van der Waals surface area contributed by atoms with Gasteiger partial charge in [-0.25, -0.2) is 14.2 Å². The highest BCUT2D eigenvalue weighted by Gasteiger charge is 2.39. The minimum atomic E-state index is -1.55. The Balaban J connectivity index is 1.38. The summed E-state index contributed by atoms with van der Waals surface area (Å²) in [5.41, 5.74) is 1.82. The van der Waals surface area contributed by atoms with Gasteiger partial charge in [-0.2, -0.15) is 0 Å². The highest BCUT2D eigenvalue weighted by atomic mass is 19.1. The zero-order valence-electron chi connectivity index (χ0n) is 29.7. The van der Waals surface area contributed by atoms with Crippen molar-refractivity contribution in [1.82, 2.24) is 15.5 Å². The first-order valence-electron chi connectivity index (χ1n) is 17.7. The van der Waals surface area contributed by atoms with E-state index in [0.29, 0.717) is 41.7 Å². The summed E-state index contributed by atoms with van der Waals surface area (Å²) in [6.07, 6.45) is 2.11. The minimum Gasteiger partial charge on any atom is -0.444 e. The number of carbonyl (C=O) groups excluding carboxylic acids is 4. The average Bonchev–Trinajstić information content (AvgIpc) is 3.47. The number of hydrogen-bond donors (Lipinski definition) is 2. The molecule has 3 aromatic carbocycles. The molecule has 2 N–H and O–H groups in total. The lowest BCUT2D eigenvalue weighted by atomic mass is 9.84. The molecule has 3 aliphatic heterocycles. The van der Waals surface area contributed by atoms with Gasteiger partial charge in [0.15, 0.2) is 0 Å². The number of alkyl carbamates (subject to hydrolysis) is 1. The Kier molecular flexibility index (Phi) is 10.5. The van der Waals surface area contributed by atoms with E-state index in [-0.39, 0.29) is 30.1 Å². The maximum absolute atomic E-state index is 15.5. The van der Waals surface area contributed by atoms with Crippen molar-refractivity contribution in [2.24, 2.45) is 16.8 Å². The summed E-state index contributed by atoms with van der Waals surface area (Å²) in [4.78, 5) is 63.9. The second kappa shape index (κ2) is 15.0. The van der Waals surface area contributed by atoms with E-state index in [1.165, 1.54) is 11.0 Å². The minimum absolute atomic E-state index is 0.0928. The fourth-order valence-corrected chi connectivity index (χ4v) is 7.32. The van der Waals surface area contributed by atoms with Crippen molar-refractivity contribution >= 4 is 35.2 Å². The van der Waals surface area contributed by atoms with Crippen molar-refractivity contribution in [3.8, 4) is 0 Å². The Morgan fingerprint density at radius 3 is 2.18 bits per heavy atom. The van der Waals surface area contributed by atoms with Gasteiger partial charge in [0.25, 0.3) is 5.91 Å². The van der Waals surface area contributed by atoms with Gasteiger partial charge < -0.3 is 20.3 Å². The molecular weight excluding hydrogens is 649 g/mol. The molecule has 1 aliphatic carbocycles. The molecule has 7 rings (SSSR count). The van der Waals surface area contributed by atoms with Crippen LogP contribution in [-0.4, -0.2) is 71.9 Å². The molecule has 4 amide bonds. The molecule has 0 unspecified atom stereocenters. The number of fused-ring (bicyclic) bond motifs is 5. The standard InChI is InChI=1S/C40H46FN5O5/c1-25-11-10-15-30-34(29-14-8-9-16-31(29)41)43-36(38(49)46(35(25)30)24-33(47)45-22-27-17-18-28(23-45)20-19-27)44-37(48)32(21-26-12-6-5-7-13-26)42-39(50)51-40(2,3)4/h5-16,27-28,32,36H,17-24H2,1-4H3,(H,42,50)(H,44,48)/t27?,28?,32-,36+/m0/s1. The Morgan fingerprint density at radius 2 is 1.53 bits per heavy atom. The zero-order valence-corrected chi connectivity index (χ0v) is 29.7. The van der Waals surface area contributed by atoms with Crippen LogP contribution in [0.25, 0.3) is 0 Å². The first-order valence-corrected chi connectivity index (χ1v) is 17.7. The third-order valence-electron chi connectivity index (χ3n) is 9.79. The van der Waals surface area contributed by atoms with E-state index in [4.69, 9.17) is 9.73 Å². The van der Waals surface area contributed by atoms with Gasteiger partial charge in [0.05, 0.1) is 11.4 Å². The average molecular weight is 696 g/mol. The first kappa shape index (κ1) is 35.8. The van der Waals surface area contributed by atoms with E-state index in [0.717, 1.165) is 31.2 Å². The van der Waals surface area contributed by atoms with Crippen LogP contribution in [0.5, 0.6) is 0 Å². The van der Waals surface area contributed by atoms with Crippen molar-refractivity contribution in [2.45, 2.75) is 77.6 Å². The summed E-state index contributed by atoms with van der Waals surface area (Å²) < 4.78 is 21.0. The van der Waals surface area contributed by atoms with E-state index in [2.05, 4.69) is 10.6 Å². The number of anilines is 1. The molecule has 10 nitrogen and oxygen atoms in total. The van der Waals surface area contributed by atoms with Gasteiger partial charge in [-0.15, -0.1) is 0 Å². The van der Waals surface area contributed by atoms with Gasteiger partial charge in [-0.3, -0.25) is 19.3 Å². The topological polar surface area (TPSA) is 120 Å². The smallest absolute Gasteiger partial charge is 0.408 e. The quantitative estimate of drug-likeness (QED) is 0.321. The molecular formula is C40H46FN5O5. The summed E-state index contributed by atoms with van der Waals surface area (Å²) in [5, 5.41) is 5.41. The van der Waals surface area contributed by atoms with Crippen LogP contribution in [0.3, 0.4) is 0 Å². The fraction of sp³-hybridized carbons (Fsp3) is 0.425. The molecule has 2 saturated heterocycles.